The average Bonchev–Trinajstić information content (AvgIpc) is 3.23. The van der Waals surface area contributed by atoms with Crippen molar-refractivity contribution in [3.8, 4) is 0 Å². The van der Waals surface area contributed by atoms with Gasteiger partial charge in [0, 0.05) is 31.4 Å². The second kappa shape index (κ2) is 7.31. The van der Waals surface area contributed by atoms with Gasteiger partial charge in [0.15, 0.2) is 0 Å². The predicted octanol–water partition coefficient (Wildman–Crippen LogP) is 4.06. The van der Waals surface area contributed by atoms with Crippen LogP contribution in [-0.4, -0.2) is 64.0 Å². The molecule has 162 valence electrons. The third kappa shape index (κ3) is 3.07. The van der Waals surface area contributed by atoms with E-state index in [2.05, 4.69) is 65.0 Å². The summed E-state index contributed by atoms with van der Waals surface area (Å²) in [6.07, 6.45) is 6.75. The highest BCUT2D eigenvalue weighted by Crippen LogP contribution is 2.41. The largest absolute Gasteiger partial charge is 0.367 e. The number of imidazole rings is 1. The van der Waals surface area contributed by atoms with E-state index in [1.807, 2.05) is 12.3 Å². The number of likely N-dealkylation sites (tertiary alicyclic amines) is 1. The molecular formula is C25H32N6. The molecule has 3 aromatic rings. The summed E-state index contributed by atoms with van der Waals surface area (Å²) in [5, 5.41) is 0. The fourth-order valence-corrected chi connectivity index (χ4v) is 6.09. The predicted molar refractivity (Wildman–Crippen MR) is 124 cm³/mol. The first-order valence-corrected chi connectivity index (χ1v) is 11.7. The lowest BCUT2D eigenvalue weighted by atomic mass is 9.88. The minimum atomic E-state index is 0.293. The molecular weight excluding hydrogens is 384 g/mol. The normalized spacial score (nSPS) is 29.3. The number of para-hydroxylation sites is 1. The van der Waals surface area contributed by atoms with Crippen LogP contribution < -0.4 is 4.90 Å². The summed E-state index contributed by atoms with van der Waals surface area (Å²) in [6.45, 7) is 4.41. The summed E-state index contributed by atoms with van der Waals surface area (Å²) in [7, 11) is 4.51. The molecule has 7 rings (SSSR count). The van der Waals surface area contributed by atoms with Gasteiger partial charge in [0.2, 0.25) is 0 Å². The van der Waals surface area contributed by atoms with Crippen molar-refractivity contribution in [3.63, 3.8) is 0 Å². The van der Waals surface area contributed by atoms with E-state index in [0.717, 1.165) is 37.3 Å². The molecule has 2 aromatic heterocycles. The lowest BCUT2D eigenvalue weighted by molar-refractivity contribution is 0.0265. The van der Waals surface area contributed by atoms with Crippen LogP contribution in [0.25, 0.3) is 11.0 Å². The van der Waals surface area contributed by atoms with Crippen LogP contribution in [0.4, 0.5) is 5.69 Å². The van der Waals surface area contributed by atoms with E-state index in [1.54, 1.807) is 0 Å². The molecule has 31 heavy (non-hydrogen) atoms. The number of fused-ring (bicyclic) bond motifs is 3. The Balaban J connectivity index is 1.31. The maximum Gasteiger partial charge on any atom is 0.124 e. The van der Waals surface area contributed by atoms with Crippen molar-refractivity contribution in [2.75, 3.05) is 32.1 Å². The van der Waals surface area contributed by atoms with E-state index in [9.17, 15) is 0 Å². The molecule has 0 spiro atoms. The number of rotatable bonds is 3. The van der Waals surface area contributed by atoms with Crippen molar-refractivity contribution < 1.29 is 0 Å². The van der Waals surface area contributed by atoms with Crippen molar-refractivity contribution in [1.82, 2.24) is 24.8 Å². The van der Waals surface area contributed by atoms with Crippen LogP contribution in [0.2, 0.25) is 0 Å². The van der Waals surface area contributed by atoms with Gasteiger partial charge in [0.1, 0.15) is 5.82 Å². The number of anilines is 1. The van der Waals surface area contributed by atoms with Crippen molar-refractivity contribution >= 4 is 16.7 Å². The molecule has 6 heteroatoms. The lowest BCUT2D eigenvalue weighted by Crippen LogP contribution is -2.67. The summed E-state index contributed by atoms with van der Waals surface area (Å²) in [4.78, 5) is 21.2. The summed E-state index contributed by atoms with van der Waals surface area (Å²) < 4.78 is 0. The molecule has 2 bridgehead atoms. The summed E-state index contributed by atoms with van der Waals surface area (Å²) in [6, 6.07) is 12.8. The number of aromatic nitrogens is 3. The third-order valence-corrected chi connectivity index (χ3v) is 8.03. The highest BCUT2D eigenvalue weighted by atomic mass is 15.3. The van der Waals surface area contributed by atoms with Gasteiger partial charge in [0.25, 0.3) is 0 Å². The monoisotopic (exact) mass is 416 g/mol. The van der Waals surface area contributed by atoms with Gasteiger partial charge < -0.3 is 9.88 Å². The summed E-state index contributed by atoms with van der Waals surface area (Å²) >= 11 is 0. The van der Waals surface area contributed by atoms with Gasteiger partial charge in [-0.1, -0.05) is 12.1 Å². The van der Waals surface area contributed by atoms with E-state index in [-0.39, 0.29) is 0 Å². The standard InChI is InChI=1S/C25H32N6/c1-16-7-6-12-26-23(16)20-9-5-11-22(30(20)3)25-27-19-8-4-10-21(24(19)28-25)31-14-17-13-18(15-31)29(17)2/h4,6-8,10,12,17-18,20,22H,5,9,11,13-15H2,1-3H3,(H,27,28)/t17?,18?,20-,22+/m0/s1. The molecule has 0 aliphatic carbocycles. The Kier molecular flexibility index (Phi) is 4.54. The molecule has 4 atom stereocenters. The maximum absolute atomic E-state index is 5.08. The molecule has 4 fully saturated rings. The topological polar surface area (TPSA) is 51.3 Å². The minimum Gasteiger partial charge on any atom is -0.367 e. The number of benzene rings is 1. The molecule has 4 saturated heterocycles. The van der Waals surface area contributed by atoms with Gasteiger partial charge in [-0.15, -0.1) is 0 Å². The number of hydrogen-bond acceptors (Lipinski definition) is 5. The van der Waals surface area contributed by atoms with Gasteiger partial charge in [0.05, 0.1) is 34.5 Å². The Morgan fingerprint density at radius 1 is 0.968 bits per heavy atom. The number of H-pyrrole nitrogens is 1. The number of piperidine rings is 2. The maximum atomic E-state index is 5.08. The Morgan fingerprint density at radius 3 is 2.55 bits per heavy atom. The van der Waals surface area contributed by atoms with Crippen LogP contribution in [0.15, 0.2) is 36.5 Å². The van der Waals surface area contributed by atoms with Gasteiger partial charge in [-0.2, -0.15) is 0 Å². The zero-order chi connectivity index (χ0) is 21.1. The van der Waals surface area contributed by atoms with E-state index in [0.29, 0.717) is 24.2 Å². The van der Waals surface area contributed by atoms with Crippen LogP contribution in [0.5, 0.6) is 0 Å². The zero-order valence-electron chi connectivity index (χ0n) is 18.8. The quantitative estimate of drug-likeness (QED) is 0.698. The van der Waals surface area contributed by atoms with Crippen molar-refractivity contribution in [2.24, 2.45) is 0 Å². The number of nitrogens with zero attached hydrogens (tertiary/aromatic N) is 5. The van der Waals surface area contributed by atoms with Gasteiger partial charge >= 0.3 is 0 Å². The van der Waals surface area contributed by atoms with Crippen LogP contribution in [-0.2, 0) is 0 Å². The second-order valence-electron chi connectivity index (χ2n) is 9.74. The fraction of sp³-hybridized carbons (Fsp3) is 0.520. The Hall–Kier alpha value is -2.44. The van der Waals surface area contributed by atoms with Crippen molar-refractivity contribution in [3.05, 3.63) is 53.6 Å². The number of nitrogens with one attached hydrogen (secondary N) is 1. The first-order valence-electron chi connectivity index (χ1n) is 11.7. The first-order chi connectivity index (χ1) is 15.1. The molecule has 4 aliphatic heterocycles. The van der Waals surface area contributed by atoms with Gasteiger partial charge in [-0.3, -0.25) is 14.8 Å². The average molecular weight is 417 g/mol. The molecule has 0 radical (unpaired) electrons. The number of likely N-dealkylation sites (N-methyl/N-ethyl adjacent to an activating group) is 1. The first kappa shape index (κ1) is 19.3. The van der Waals surface area contributed by atoms with Gasteiger partial charge in [-0.05, 0) is 70.5 Å². The van der Waals surface area contributed by atoms with Crippen LogP contribution in [0.3, 0.4) is 0 Å². The van der Waals surface area contributed by atoms with Gasteiger partial charge in [-0.25, -0.2) is 4.98 Å². The van der Waals surface area contributed by atoms with Crippen molar-refractivity contribution in [2.45, 2.75) is 56.8 Å². The number of hydrogen-bond donors (Lipinski definition) is 1. The molecule has 2 unspecified atom stereocenters. The zero-order valence-corrected chi connectivity index (χ0v) is 18.8. The molecule has 1 aromatic carbocycles. The Labute approximate surface area is 184 Å². The van der Waals surface area contributed by atoms with E-state index in [4.69, 9.17) is 9.97 Å². The highest BCUT2D eigenvalue weighted by Gasteiger charge is 2.42. The van der Waals surface area contributed by atoms with Crippen LogP contribution in [0, 0.1) is 6.92 Å². The van der Waals surface area contributed by atoms with E-state index in [1.165, 1.54) is 35.3 Å². The number of pyridine rings is 1. The SMILES string of the molecule is Cc1cccnc1[C@@H]1CCC[C@H](c2nc3cccc(N4CC5CC(C4)N5C)c3[nH]2)N1C. The molecule has 0 amide bonds. The van der Waals surface area contributed by atoms with E-state index >= 15 is 0 Å². The minimum absolute atomic E-state index is 0.293. The second-order valence-corrected chi connectivity index (χ2v) is 9.74. The Morgan fingerprint density at radius 2 is 1.77 bits per heavy atom. The summed E-state index contributed by atoms with van der Waals surface area (Å²) in [5.41, 5.74) is 6.09. The molecule has 6 nitrogen and oxygen atoms in total. The third-order valence-electron chi connectivity index (χ3n) is 8.03. The number of piperazine rings is 1. The molecule has 1 N–H and O–H groups in total. The van der Waals surface area contributed by atoms with Crippen molar-refractivity contribution in [1.29, 1.82) is 0 Å². The molecule has 4 aliphatic rings. The fourth-order valence-electron chi connectivity index (χ4n) is 6.09. The molecule has 6 heterocycles. The lowest BCUT2D eigenvalue weighted by Gasteiger charge is -2.55. The molecule has 0 saturated carbocycles. The smallest absolute Gasteiger partial charge is 0.124 e. The summed E-state index contributed by atoms with van der Waals surface area (Å²) in [5.74, 6) is 1.10. The Bertz CT molecular complexity index is 1090. The van der Waals surface area contributed by atoms with Crippen LogP contribution in [0.1, 0.15) is 54.8 Å². The number of aryl methyl sites for hydroxylation is 1. The number of aromatic amines is 1. The van der Waals surface area contributed by atoms with E-state index < -0.39 is 0 Å². The van der Waals surface area contributed by atoms with Crippen LogP contribution >= 0.6 is 0 Å². The highest BCUT2D eigenvalue weighted by molar-refractivity contribution is 5.89.